The van der Waals surface area contributed by atoms with E-state index in [4.69, 9.17) is 0 Å². The molecule has 0 saturated carbocycles. The molecule has 12 heteroatoms. The van der Waals surface area contributed by atoms with E-state index in [1.165, 1.54) is 36.7 Å². The van der Waals surface area contributed by atoms with Crippen LogP contribution in [0, 0.1) is 0 Å². The molecule has 0 saturated heterocycles. The molecule has 0 N–H and O–H groups in total. The molecule has 4 rings (SSSR count). The Morgan fingerprint density at radius 2 is 0.909 bits per heavy atom. The third-order valence-electron chi connectivity index (χ3n) is 6.26. The molecule has 0 amide bonds. The summed E-state index contributed by atoms with van der Waals surface area (Å²) >= 11 is 0. The van der Waals surface area contributed by atoms with Crippen molar-refractivity contribution in [2.75, 3.05) is 0 Å². The summed E-state index contributed by atoms with van der Waals surface area (Å²) in [5.74, 6) is -3.77. The number of hydrogen-bond acceptors (Lipinski definition) is 8. The van der Waals surface area contributed by atoms with Gasteiger partial charge in [0.05, 0.1) is 24.0 Å². The topological polar surface area (TPSA) is 208 Å². The fourth-order valence-electron chi connectivity index (χ4n) is 4.15. The second-order valence-electron chi connectivity index (χ2n) is 9.05. The van der Waals surface area contributed by atoms with E-state index in [2.05, 4.69) is 9.98 Å². The average Bonchev–Trinajstić information content (AvgIpc) is 2.95. The van der Waals surface area contributed by atoms with Gasteiger partial charge in [-0.1, -0.05) is 109 Å². The number of carboxylic acid groups (broad SMARTS) is 2. The second kappa shape index (κ2) is 19.2. The summed E-state index contributed by atoms with van der Waals surface area (Å²) in [6.07, 6.45) is 2.55. The number of carbonyl (C=O) groups excluding carboxylic acids is 2. The van der Waals surface area contributed by atoms with E-state index >= 15 is 0 Å². The van der Waals surface area contributed by atoms with Crippen LogP contribution in [-0.2, 0) is 70.5 Å². The van der Waals surface area contributed by atoms with Gasteiger partial charge in [-0.3, -0.25) is 9.98 Å². The Balaban J connectivity index is 0.00000462. The summed E-state index contributed by atoms with van der Waals surface area (Å²) in [5, 5.41) is 49.7. The summed E-state index contributed by atoms with van der Waals surface area (Å²) in [4.78, 5) is 31.4. The Morgan fingerprint density at radius 3 is 1.23 bits per heavy atom. The third kappa shape index (κ3) is 10.5. The van der Waals surface area contributed by atoms with E-state index in [0.717, 1.165) is 11.1 Å². The quantitative estimate of drug-likeness (QED) is 0.212. The summed E-state index contributed by atoms with van der Waals surface area (Å²) in [6, 6.07) is 24.5. The number of nitrogens with zero attached hydrogens (tertiary/aromatic N) is 2. The minimum Gasteiger partial charge on any atom is -2.00 e. The first kappa shape index (κ1) is 39.8. The van der Waals surface area contributed by atoms with Gasteiger partial charge in [0.1, 0.15) is 0 Å². The molecule has 10 nitrogen and oxygen atoms in total. The Bertz CT molecular complexity index is 1430. The van der Waals surface area contributed by atoms with Gasteiger partial charge in [0.2, 0.25) is 0 Å². The molecule has 0 unspecified atom stereocenters. The molecule has 4 aromatic carbocycles. The molecule has 0 aromatic heterocycles. The predicted octanol–water partition coefficient (Wildman–Crippen LogP) is 0.818. The van der Waals surface area contributed by atoms with E-state index in [9.17, 15) is 30.0 Å². The maximum atomic E-state index is 13.2. The van der Waals surface area contributed by atoms with Crippen molar-refractivity contribution in [1.29, 1.82) is 0 Å². The fraction of sp³-hybridized carbons (Fsp3) is 0.125. The van der Waals surface area contributed by atoms with Crippen LogP contribution in [0.25, 0.3) is 11.1 Å². The van der Waals surface area contributed by atoms with E-state index < -0.39 is 35.5 Å². The molecule has 2 atom stereocenters. The Morgan fingerprint density at radius 1 is 0.568 bits per heavy atom. The molecular formula is C32H24N2O8V2. The Kier molecular flexibility index (Phi) is 17.4. The van der Waals surface area contributed by atoms with Crippen LogP contribution in [-0.4, -0.2) is 36.5 Å². The van der Waals surface area contributed by atoms with Crippen LogP contribution in [0.1, 0.15) is 22.3 Å². The predicted molar refractivity (Wildman–Crippen MR) is 145 cm³/mol. The summed E-state index contributed by atoms with van der Waals surface area (Å²) < 4.78 is 0. The molecule has 220 valence electrons. The van der Waals surface area contributed by atoms with Crippen molar-refractivity contribution < 1.29 is 78.1 Å². The Labute approximate surface area is 278 Å². The number of hydrogen-bond donors (Lipinski definition) is 0. The van der Waals surface area contributed by atoms with E-state index in [-0.39, 0.29) is 83.2 Å². The maximum Gasteiger partial charge on any atom is 4.00 e. The number of carbonyl (C=O) groups is 2. The monoisotopic (exact) mass is 666 g/mol. The van der Waals surface area contributed by atoms with Crippen LogP contribution in [0.15, 0.2) is 107 Å². The van der Waals surface area contributed by atoms with E-state index in [1.807, 2.05) is 12.1 Å². The molecule has 0 aliphatic heterocycles. The smallest absolute Gasteiger partial charge is 2.00 e. The number of aliphatic carboxylic acids is 2. The van der Waals surface area contributed by atoms with Crippen LogP contribution in [0.5, 0.6) is 11.5 Å². The van der Waals surface area contributed by atoms with Crippen molar-refractivity contribution >= 4 is 24.4 Å². The number of carboxylic acids is 2. The summed E-state index contributed by atoms with van der Waals surface area (Å²) in [6.45, 7) is 0. The van der Waals surface area contributed by atoms with Gasteiger partial charge in [0.15, 0.2) is 0 Å². The molecule has 0 spiro atoms. The minimum absolute atomic E-state index is 0. The fourth-order valence-corrected chi connectivity index (χ4v) is 4.15. The first-order valence-corrected chi connectivity index (χ1v) is 12.5. The normalized spacial score (nSPS) is 11.7. The summed E-state index contributed by atoms with van der Waals surface area (Å²) in [5.41, 5.74) is 1.91. The average molecular weight is 666 g/mol. The molecule has 4 aromatic rings. The maximum absolute atomic E-state index is 13.2. The van der Waals surface area contributed by atoms with E-state index in [0.29, 0.717) is 0 Å². The molecule has 2 radical (unpaired) electrons. The standard InChI is InChI=1S/C32H28N2O6.2O.2V/c35-29-23(19-33-27(31(37)38)17-21-9-3-1-4-10-21)13-7-15-25(29)26-16-8-14-24(30(26)36)20-34-28(32(39)40)18-22-11-5-2-6-12-22;;;;/h1-16,19-20,27-28,35-36H,17-18H2,(H,37,38)(H,39,40);;;;/q;2*-2;2*+4/p-4/t27-,28-;;;;/m0..../s1. The zero-order valence-electron chi connectivity index (χ0n) is 23.0. The SMILES string of the molecule is O=C([O-])[C@H](Cc1ccccc1)N=Cc1cccc(-c2cccc(C=N[C@@H](Cc3ccccc3)C(=O)[O-])c2[O-])c1[O-].[O-2].[O-2].[V+4].[V+4]. The van der Waals surface area contributed by atoms with Crippen molar-refractivity contribution in [3.63, 3.8) is 0 Å². The van der Waals surface area contributed by atoms with Crippen molar-refractivity contribution in [2.45, 2.75) is 24.9 Å². The zero-order chi connectivity index (χ0) is 28.5. The number of rotatable bonds is 11. The third-order valence-corrected chi connectivity index (χ3v) is 6.26. The van der Waals surface area contributed by atoms with Crippen LogP contribution >= 0.6 is 0 Å². The van der Waals surface area contributed by atoms with Crippen molar-refractivity contribution in [3.05, 3.63) is 119 Å². The first-order valence-electron chi connectivity index (χ1n) is 12.5. The van der Waals surface area contributed by atoms with Gasteiger partial charge < -0.3 is 41.0 Å². The Hall–Kier alpha value is -4.15. The van der Waals surface area contributed by atoms with Gasteiger partial charge in [-0.15, -0.1) is 0 Å². The first-order chi connectivity index (χ1) is 19.3. The van der Waals surface area contributed by atoms with Gasteiger partial charge in [-0.05, 0) is 33.4 Å². The largest absolute Gasteiger partial charge is 4.00 e. The molecule has 0 aliphatic rings. The van der Waals surface area contributed by atoms with Gasteiger partial charge in [0.25, 0.3) is 0 Å². The van der Waals surface area contributed by atoms with Crippen LogP contribution in [0.4, 0.5) is 0 Å². The van der Waals surface area contributed by atoms with Crippen molar-refractivity contribution in [3.8, 4) is 22.6 Å². The molecule has 0 heterocycles. The van der Waals surface area contributed by atoms with Crippen LogP contribution in [0.3, 0.4) is 0 Å². The van der Waals surface area contributed by atoms with Gasteiger partial charge in [-0.2, -0.15) is 0 Å². The summed E-state index contributed by atoms with van der Waals surface area (Å²) in [7, 11) is 0. The van der Waals surface area contributed by atoms with Crippen LogP contribution in [0.2, 0.25) is 0 Å². The molecule has 0 aliphatic carbocycles. The minimum atomic E-state index is -1.38. The molecule has 0 fully saturated rings. The van der Waals surface area contributed by atoms with Crippen LogP contribution < -0.4 is 20.4 Å². The van der Waals surface area contributed by atoms with Gasteiger partial charge in [0, 0.05) is 25.3 Å². The van der Waals surface area contributed by atoms with E-state index in [1.54, 1.807) is 60.7 Å². The zero-order valence-corrected chi connectivity index (χ0v) is 25.8. The van der Waals surface area contributed by atoms with Gasteiger partial charge >= 0.3 is 37.1 Å². The molecule has 44 heavy (non-hydrogen) atoms. The van der Waals surface area contributed by atoms with Crippen molar-refractivity contribution in [2.24, 2.45) is 9.98 Å². The van der Waals surface area contributed by atoms with Gasteiger partial charge in [-0.25, -0.2) is 0 Å². The second-order valence-corrected chi connectivity index (χ2v) is 9.05. The molecular weight excluding hydrogens is 642 g/mol. The number of para-hydroxylation sites is 2. The number of aliphatic imine (C=N–C) groups is 2. The molecule has 0 bridgehead atoms. The van der Waals surface area contributed by atoms with Crippen molar-refractivity contribution in [1.82, 2.24) is 0 Å². The number of benzene rings is 4.